The molecule has 16 heteroatoms. The number of rotatable bonds is 7. The van der Waals surface area contributed by atoms with Crippen LogP contribution in [0.1, 0.15) is 72.9 Å². The van der Waals surface area contributed by atoms with Crippen LogP contribution >= 0.6 is 11.6 Å². The number of aromatic hydroxyl groups is 1. The van der Waals surface area contributed by atoms with Crippen molar-refractivity contribution in [3.63, 3.8) is 0 Å². The molecule has 2 aromatic carbocycles. The summed E-state index contributed by atoms with van der Waals surface area (Å²) in [5.41, 5.74) is 0.445. The second-order valence-electron chi connectivity index (χ2n) is 15.0. The van der Waals surface area contributed by atoms with E-state index >= 15 is 0 Å². The number of fused-ring (bicyclic) bond motifs is 4. The van der Waals surface area contributed by atoms with Gasteiger partial charge >= 0.3 is 6.18 Å². The van der Waals surface area contributed by atoms with Gasteiger partial charge in [-0.25, -0.2) is 9.97 Å². The Kier molecular flexibility index (Phi) is 9.32. The van der Waals surface area contributed by atoms with Crippen molar-refractivity contribution >= 4 is 40.7 Å². The van der Waals surface area contributed by atoms with Crippen LogP contribution in [0.2, 0.25) is 5.02 Å². The molecule has 55 heavy (non-hydrogen) atoms. The van der Waals surface area contributed by atoms with Gasteiger partial charge in [0.2, 0.25) is 5.91 Å². The van der Waals surface area contributed by atoms with Crippen LogP contribution in [0.3, 0.4) is 0 Å². The van der Waals surface area contributed by atoms with Crippen molar-refractivity contribution in [2.75, 3.05) is 25.0 Å². The van der Waals surface area contributed by atoms with Gasteiger partial charge in [-0.15, -0.1) is 0 Å². The molecule has 12 nitrogen and oxygen atoms in total. The standard InChI is InChI=1S/C39H39ClF3N7O5/c1-20(23-6-8-24(9-7-23)37(4,5)55)47-50-22(3)49(18-30(51)46-29-11-10-25(16-28(29)40)39(41,42)43)33-26-17-27(26)38(31(33)35(50)53)12-14-48(15-13-38)36(54)32-34(52)21(2)44-19-45-32/h6-11,16,19,26-27,52,55H,3,12-15,17-18H2,1-2,4-5H3,(H,46,51)/b47-20+/t26?,27-/m1/s1. The molecule has 1 unspecified atom stereocenters. The first kappa shape index (κ1) is 38.0. The minimum Gasteiger partial charge on any atom is -0.504 e. The van der Waals surface area contributed by atoms with Gasteiger partial charge in [0, 0.05) is 35.7 Å². The summed E-state index contributed by atoms with van der Waals surface area (Å²) >= 11 is 6.16. The predicted octanol–water partition coefficient (Wildman–Crippen LogP) is 6.19. The number of nitrogens with zero attached hydrogens (tertiary/aromatic N) is 6. The maximum absolute atomic E-state index is 14.7. The highest BCUT2D eigenvalue weighted by atomic mass is 35.5. The average molecular weight is 778 g/mol. The predicted molar refractivity (Wildman–Crippen MR) is 196 cm³/mol. The molecular weight excluding hydrogens is 739 g/mol. The summed E-state index contributed by atoms with van der Waals surface area (Å²) in [7, 11) is 0. The number of nitrogens with one attached hydrogen (secondary N) is 1. The summed E-state index contributed by atoms with van der Waals surface area (Å²) in [5, 5.41) is 29.2. The van der Waals surface area contributed by atoms with Gasteiger partial charge in [-0.2, -0.15) is 23.3 Å². The van der Waals surface area contributed by atoms with Crippen molar-refractivity contribution in [2.24, 2.45) is 22.4 Å². The number of halogens is 4. The maximum Gasteiger partial charge on any atom is 0.416 e. The average Bonchev–Trinajstić information content (AvgIpc) is 3.89. The normalized spacial score (nSPS) is 20.9. The molecule has 0 bridgehead atoms. The first-order valence-electron chi connectivity index (χ1n) is 17.7. The van der Waals surface area contributed by atoms with Gasteiger partial charge in [-0.1, -0.05) is 42.4 Å². The minimum absolute atomic E-state index is 0.0121. The second-order valence-corrected chi connectivity index (χ2v) is 15.4. The number of carbonyl (C=O) groups excluding carboxylic acids is 3. The van der Waals surface area contributed by atoms with Gasteiger partial charge in [0.15, 0.2) is 11.4 Å². The van der Waals surface area contributed by atoms with E-state index in [9.17, 15) is 37.8 Å². The zero-order valence-electron chi connectivity index (χ0n) is 30.5. The molecule has 1 saturated heterocycles. The first-order valence-corrected chi connectivity index (χ1v) is 18.1. The Bertz CT molecular complexity index is 2190. The zero-order valence-corrected chi connectivity index (χ0v) is 31.3. The largest absolute Gasteiger partial charge is 0.504 e. The van der Waals surface area contributed by atoms with Crippen molar-refractivity contribution in [1.82, 2.24) is 24.8 Å². The minimum atomic E-state index is -4.62. The molecular formula is C39H39ClF3N7O5. The lowest BCUT2D eigenvalue weighted by molar-refractivity contribution is -0.137. The van der Waals surface area contributed by atoms with Crippen LogP contribution in [0.4, 0.5) is 18.9 Å². The van der Waals surface area contributed by atoms with Crippen LogP contribution in [0, 0.1) is 24.2 Å². The summed E-state index contributed by atoms with van der Waals surface area (Å²) in [6, 6.07) is 9.75. The van der Waals surface area contributed by atoms with E-state index in [1.54, 1.807) is 61.8 Å². The highest BCUT2D eigenvalue weighted by molar-refractivity contribution is 6.33. The lowest BCUT2D eigenvalue weighted by Gasteiger charge is -2.45. The van der Waals surface area contributed by atoms with E-state index in [0.717, 1.165) is 24.6 Å². The molecule has 1 spiro atoms. The van der Waals surface area contributed by atoms with Crippen LogP contribution in [-0.2, 0) is 21.4 Å². The number of aromatic nitrogens is 2. The molecule has 3 aromatic rings. The zero-order chi connectivity index (χ0) is 39.8. The third kappa shape index (κ3) is 6.73. The quantitative estimate of drug-likeness (QED) is 0.240. The van der Waals surface area contributed by atoms with E-state index < -0.39 is 40.5 Å². The molecule has 2 aliphatic heterocycles. The Balaban J connectivity index is 1.21. The summed E-state index contributed by atoms with van der Waals surface area (Å²) < 4.78 is 39.8. The summed E-state index contributed by atoms with van der Waals surface area (Å²) in [6.07, 6.45) is -1.79. The van der Waals surface area contributed by atoms with Crippen LogP contribution in [0.5, 0.6) is 5.75 Å². The van der Waals surface area contributed by atoms with E-state index in [4.69, 9.17) is 16.7 Å². The van der Waals surface area contributed by atoms with Gasteiger partial charge in [0.25, 0.3) is 11.8 Å². The Morgan fingerprint density at radius 1 is 1.09 bits per heavy atom. The number of alkyl halides is 3. The fraction of sp³-hybridized carbons (Fsp3) is 0.385. The number of likely N-dealkylation sites (tertiary alicyclic amines) is 1. The van der Waals surface area contributed by atoms with Crippen LogP contribution in [-0.4, -0.2) is 78.1 Å². The summed E-state index contributed by atoms with van der Waals surface area (Å²) in [6.45, 7) is 11.1. The van der Waals surface area contributed by atoms with Gasteiger partial charge in [0.05, 0.1) is 33.3 Å². The number of allylic oxidation sites excluding steroid dienone is 1. The fourth-order valence-corrected chi connectivity index (χ4v) is 8.33. The van der Waals surface area contributed by atoms with Crippen molar-refractivity contribution in [1.29, 1.82) is 0 Å². The molecule has 3 heterocycles. The number of hydrogen-bond donors (Lipinski definition) is 3. The van der Waals surface area contributed by atoms with Crippen LogP contribution < -0.4 is 5.32 Å². The van der Waals surface area contributed by atoms with E-state index in [2.05, 4.69) is 21.9 Å². The Morgan fingerprint density at radius 3 is 2.36 bits per heavy atom. The number of hydrogen-bond acceptors (Lipinski definition) is 9. The number of aliphatic hydroxyl groups is 1. The first-order chi connectivity index (χ1) is 25.8. The molecule has 4 aliphatic rings. The molecule has 1 aromatic heterocycles. The Labute approximate surface area is 320 Å². The monoisotopic (exact) mass is 777 g/mol. The Morgan fingerprint density at radius 2 is 1.75 bits per heavy atom. The smallest absolute Gasteiger partial charge is 0.416 e. The second kappa shape index (κ2) is 13.5. The lowest BCUT2D eigenvalue weighted by atomic mass is 9.69. The van der Waals surface area contributed by atoms with E-state index in [-0.39, 0.29) is 65.1 Å². The third-order valence-electron chi connectivity index (χ3n) is 11.1. The number of anilines is 1. The fourth-order valence-electron chi connectivity index (χ4n) is 8.10. The van der Waals surface area contributed by atoms with Gasteiger partial charge in [-0.3, -0.25) is 14.4 Å². The number of amides is 3. The van der Waals surface area contributed by atoms with E-state index in [1.807, 2.05) is 0 Å². The van der Waals surface area contributed by atoms with E-state index in [0.29, 0.717) is 41.0 Å². The van der Waals surface area contributed by atoms with Crippen molar-refractivity contribution in [3.05, 3.63) is 106 Å². The SMILES string of the molecule is C=C1N(CC(=O)Nc2ccc(C(F)(F)F)cc2Cl)C2=C(C(=O)N1/N=C(\C)c1ccc(C(C)(C)O)cc1)C1(CCN(C(=O)c3ncnc(C)c3O)CC1)[C@@H]1CC21. The van der Waals surface area contributed by atoms with Crippen molar-refractivity contribution in [2.45, 2.75) is 58.7 Å². The third-order valence-corrected chi connectivity index (χ3v) is 11.5. The number of aryl methyl sites for hydroxylation is 1. The molecule has 2 fully saturated rings. The number of carbonyl (C=O) groups is 3. The van der Waals surface area contributed by atoms with Crippen molar-refractivity contribution < 1.29 is 37.8 Å². The number of hydrazone groups is 1. The summed E-state index contributed by atoms with van der Waals surface area (Å²) in [4.78, 5) is 53.1. The topological polar surface area (TPSA) is 152 Å². The molecule has 0 radical (unpaired) electrons. The molecule has 1 saturated carbocycles. The van der Waals surface area contributed by atoms with Gasteiger partial charge < -0.3 is 25.3 Å². The van der Waals surface area contributed by atoms with Gasteiger partial charge in [0.1, 0.15) is 18.7 Å². The lowest BCUT2D eigenvalue weighted by Crippen LogP contribution is -2.50. The van der Waals surface area contributed by atoms with E-state index in [1.165, 1.54) is 11.3 Å². The molecule has 7 rings (SSSR count). The summed E-state index contributed by atoms with van der Waals surface area (Å²) in [5.74, 6) is -1.64. The number of piperidine rings is 1. The molecule has 288 valence electrons. The highest BCUT2D eigenvalue weighted by Gasteiger charge is 2.67. The maximum atomic E-state index is 14.7. The van der Waals surface area contributed by atoms with Gasteiger partial charge in [-0.05, 0) is 82.2 Å². The number of benzene rings is 2. The Hall–Kier alpha value is -5.28. The van der Waals surface area contributed by atoms with Crippen LogP contribution in [0.15, 0.2) is 77.6 Å². The molecule has 2 aliphatic carbocycles. The van der Waals surface area contributed by atoms with Crippen LogP contribution in [0.25, 0.3) is 0 Å². The molecule has 2 atom stereocenters. The molecule has 3 N–H and O–H groups in total. The van der Waals surface area contributed by atoms with Crippen molar-refractivity contribution in [3.8, 4) is 5.75 Å². The molecule has 3 amide bonds. The highest BCUT2D eigenvalue weighted by Crippen LogP contribution is 2.70.